The second-order valence-corrected chi connectivity index (χ2v) is 9.58. The van der Waals surface area contributed by atoms with Gasteiger partial charge in [-0.1, -0.05) is 72.9 Å². The van der Waals surface area contributed by atoms with E-state index in [0.717, 1.165) is 17.7 Å². The van der Waals surface area contributed by atoms with Crippen molar-refractivity contribution in [2.24, 2.45) is 11.8 Å². The van der Waals surface area contributed by atoms with Crippen LogP contribution in [0.15, 0.2) is 108 Å². The average molecular weight is 563 g/mol. The van der Waals surface area contributed by atoms with Gasteiger partial charge in [0.25, 0.3) is 11.8 Å². The predicted octanol–water partition coefficient (Wildman–Crippen LogP) is 1.99. The van der Waals surface area contributed by atoms with Crippen LogP contribution in [0.25, 0.3) is 0 Å². The summed E-state index contributed by atoms with van der Waals surface area (Å²) in [5.41, 5.74) is -0.700. The van der Waals surface area contributed by atoms with Crippen molar-refractivity contribution in [1.82, 2.24) is 10.2 Å². The summed E-state index contributed by atoms with van der Waals surface area (Å²) in [6.07, 6.45) is 26.4. The zero-order valence-electron chi connectivity index (χ0n) is 22.6. The molecule has 1 aliphatic carbocycles. The Hall–Kier alpha value is -4.54. The van der Waals surface area contributed by atoms with E-state index in [1.165, 1.54) is 31.4 Å². The van der Waals surface area contributed by atoms with E-state index >= 15 is 0 Å². The number of hydrogen-bond acceptors (Lipinski definition) is 8. The minimum atomic E-state index is -1.03. The maximum atomic E-state index is 12.2. The third-order valence-corrected chi connectivity index (χ3v) is 6.90. The summed E-state index contributed by atoms with van der Waals surface area (Å²) in [4.78, 5) is 49.3. The van der Waals surface area contributed by atoms with Crippen LogP contribution in [-0.2, 0) is 19.2 Å². The molecule has 3 aliphatic rings. The van der Waals surface area contributed by atoms with Gasteiger partial charge in [0.2, 0.25) is 0 Å². The van der Waals surface area contributed by atoms with Crippen molar-refractivity contribution in [1.29, 1.82) is 0 Å². The zero-order valence-corrected chi connectivity index (χ0v) is 22.6. The first-order chi connectivity index (χ1) is 19.7. The number of Topliss-reactive ketones (excluding diaryl/α,β-unsaturated/α-hetero) is 2. The van der Waals surface area contributed by atoms with Crippen molar-refractivity contribution in [3.8, 4) is 0 Å². The fourth-order valence-corrected chi connectivity index (χ4v) is 4.58. The number of allylic oxidation sites excluding steroid dienone is 14. The van der Waals surface area contributed by atoms with Crippen molar-refractivity contribution >= 4 is 23.4 Å². The number of nitrogens with one attached hydrogen (secondary N) is 1. The normalized spacial score (nSPS) is 28.3. The molecular weight excluding hydrogens is 528 g/mol. The van der Waals surface area contributed by atoms with Crippen molar-refractivity contribution in [3.05, 3.63) is 108 Å². The number of hydrogen-bond donors (Lipinski definition) is 5. The van der Waals surface area contributed by atoms with E-state index in [2.05, 4.69) is 23.5 Å². The number of aliphatic hydroxyl groups excluding tert-OH is 4. The minimum absolute atomic E-state index is 0.160. The molecule has 2 aliphatic heterocycles. The van der Waals surface area contributed by atoms with Gasteiger partial charge in [-0.3, -0.25) is 19.2 Å². The number of aliphatic hydroxyl groups is 4. The first-order valence-corrected chi connectivity index (χ1v) is 13.2. The topological polar surface area (TPSA) is 164 Å². The highest BCUT2D eigenvalue weighted by molar-refractivity contribution is 6.27. The number of likely N-dealkylation sites (N-methyl/N-ethyl adjacent to an activating group) is 1. The molecule has 2 amide bonds. The molecule has 5 N–H and O–H groups in total. The molecule has 0 spiro atoms. The highest BCUT2D eigenvalue weighted by Crippen LogP contribution is 2.27. The molecule has 10 nitrogen and oxygen atoms in total. The van der Waals surface area contributed by atoms with Crippen molar-refractivity contribution in [2.75, 3.05) is 20.3 Å². The van der Waals surface area contributed by atoms with Gasteiger partial charge in [-0.15, -0.1) is 0 Å². The van der Waals surface area contributed by atoms with E-state index in [0.29, 0.717) is 0 Å². The van der Waals surface area contributed by atoms with Gasteiger partial charge in [-0.25, -0.2) is 0 Å². The SMILES string of the molecule is CN1C(=O)\C(=C(O)/C=C/C=C/C=C/[C@@H]2C=CCC[C@H]2/C=C/C=C/C=C/C(O)=C2\C(=O)N[C@@H](CO)C2=O)C(=O)[C@@H]1CO. The number of amides is 2. The van der Waals surface area contributed by atoms with Crippen LogP contribution in [0, 0.1) is 11.8 Å². The van der Waals surface area contributed by atoms with E-state index in [1.807, 2.05) is 18.2 Å². The third-order valence-electron chi connectivity index (χ3n) is 6.90. The molecule has 2 fully saturated rings. The lowest BCUT2D eigenvalue weighted by molar-refractivity contribution is -0.126. The van der Waals surface area contributed by atoms with Crippen molar-refractivity contribution < 1.29 is 39.6 Å². The number of ketones is 2. The first-order valence-electron chi connectivity index (χ1n) is 13.2. The van der Waals surface area contributed by atoms with Crippen LogP contribution in [0.2, 0.25) is 0 Å². The van der Waals surface area contributed by atoms with Crippen molar-refractivity contribution in [3.63, 3.8) is 0 Å². The van der Waals surface area contributed by atoms with Gasteiger partial charge in [0.05, 0.1) is 13.2 Å². The molecule has 216 valence electrons. The Balaban J connectivity index is 1.54. The summed E-state index contributed by atoms with van der Waals surface area (Å²) >= 11 is 0. The largest absolute Gasteiger partial charge is 0.507 e. The van der Waals surface area contributed by atoms with Gasteiger partial charge >= 0.3 is 0 Å². The quantitative estimate of drug-likeness (QED) is 0.0887. The summed E-state index contributed by atoms with van der Waals surface area (Å²) in [6.45, 7) is -1.04. The van der Waals surface area contributed by atoms with Crippen LogP contribution < -0.4 is 5.32 Å². The first kappa shape index (κ1) is 31.0. The summed E-state index contributed by atoms with van der Waals surface area (Å²) in [5.74, 6) is -3.09. The summed E-state index contributed by atoms with van der Waals surface area (Å²) in [6, 6.07) is -2.00. The lowest BCUT2D eigenvalue weighted by Gasteiger charge is -2.22. The molecule has 0 saturated carbocycles. The molecule has 0 aromatic carbocycles. The predicted molar refractivity (Wildman–Crippen MR) is 152 cm³/mol. The molecule has 0 unspecified atom stereocenters. The highest BCUT2D eigenvalue weighted by Gasteiger charge is 2.42. The molecule has 2 heterocycles. The monoisotopic (exact) mass is 562 g/mol. The van der Waals surface area contributed by atoms with Crippen LogP contribution in [0.5, 0.6) is 0 Å². The Morgan fingerprint density at radius 1 is 0.854 bits per heavy atom. The smallest absolute Gasteiger partial charge is 0.261 e. The van der Waals surface area contributed by atoms with Gasteiger partial charge in [-0.2, -0.15) is 0 Å². The van der Waals surface area contributed by atoms with Gasteiger partial charge in [-0.05, 0) is 30.9 Å². The molecule has 2 saturated heterocycles. The van der Waals surface area contributed by atoms with Gasteiger partial charge in [0.15, 0.2) is 11.6 Å². The molecule has 4 atom stereocenters. The molecule has 0 aromatic heterocycles. The van der Waals surface area contributed by atoms with E-state index in [1.54, 1.807) is 24.3 Å². The number of rotatable bonds is 10. The van der Waals surface area contributed by atoms with E-state index in [-0.39, 0.29) is 23.0 Å². The fraction of sp³-hybridized carbons (Fsp3) is 0.290. The number of carbonyl (C=O) groups is 4. The van der Waals surface area contributed by atoms with Crippen LogP contribution >= 0.6 is 0 Å². The van der Waals surface area contributed by atoms with Gasteiger partial charge in [0.1, 0.15) is 34.7 Å². The minimum Gasteiger partial charge on any atom is -0.507 e. The molecule has 0 aromatic rings. The van der Waals surface area contributed by atoms with E-state index in [4.69, 9.17) is 5.11 Å². The molecular formula is C31H34N2O8. The zero-order chi connectivity index (χ0) is 29.9. The molecule has 10 heteroatoms. The van der Waals surface area contributed by atoms with Crippen LogP contribution in [0.1, 0.15) is 12.8 Å². The lowest BCUT2D eigenvalue weighted by atomic mass is 9.83. The van der Waals surface area contributed by atoms with Gasteiger partial charge < -0.3 is 30.6 Å². The fourth-order valence-electron chi connectivity index (χ4n) is 4.58. The maximum absolute atomic E-state index is 12.2. The number of likely N-dealkylation sites (tertiary alicyclic amines) is 1. The highest BCUT2D eigenvalue weighted by atomic mass is 16.3. The molecule has 0 radical (unpaired) electrons. The maximum Gasteiger partial charge on any atom is 0.261 e. The Morgan fingerprint density at radius 2 is 1.46 bits per heavy atom. The Labute approximate surface area is 238 Å². The number of carbonyl (C=O) groups excluding carboxylic acids is 4. The van der Waals surface area contributed by atoms with E-state index < -0.39 is 60.2 Å². The van der Waals surface area contributed by atoms with Gasteiger partial charge in [0, 0.05) is 13.0 Å². The van der Waals surface area contributed by atoms with Crippen LogP contribution in [-0.4, -0.2) is 81.1 Å². The number of nitrogens with zero attached hydrogens (tertiary/aromatic N) is 1. The second-order valence-electron chi connectivity index (χ2n) is 9.58. The van der Waals surface area contributed by atoms with Crippen LogP contribution in [0.3, 0.4) is 0 Å². The molecule has 0 bridgehead atoms. The summed E-state index contributed by atoms with van der Waals surface area (Å²) in [5, 5.41) is 40.9. The standard InChI is InChI=1S/C31H34N2O8/c1-33-23(19-35)29(39)27(31(33)41)25(37)17-9-5-3-7-13-21-15-11-10-14-20(21)12-6-2-4-8-16-24(36)26-28(38)22(18-34)32-30(26)40/h2-9,11-13,15-17,20-23,34-37H,10,14,18-19H2,1H3,(H,32,40)/b4-2+,5-3+,12-6+,13-7+,16-8+,17-9+,26-24+,27-25+/t20-,21-,22+,23+/m1/s1. The second kappa shape index (κ2) is 14.7. The summed E-state index contributed by atoms with van der Waals surface area (Å²) < 4.78 is 0. The Kier molecular flexibility index (Phi) is 11.1. The Morgan fingerprint density at radius 3 is 2.05 bits per heavy atom. The lowest BCUT2D eigenvalue weighted by Crippen LogP contribution is -2.34. The van der Waals surface area contributed by atoms with E-state index in [9.17, 15) is 34.5 Å². The molecule has 3 rings (SSSR count). The summed E-state index contributed by atoms with van der Waals surface area (Å²) in [7, 11) is 1.40. The molecule has 41 heavy (non-hydrogen) atoms. The van der Waals surface area contributed by atoms with Crippen LogP contribution in [0.4, 0.5) is 0 Å². The Bertz CT molecular complexity index is 1330. The third kappa shape index (κ3) is 7.56. The average Bonchev–Trinajstić information content (AvgIpc) is 3.37. The van der Waals surface area contributed by atoms with Crippen molar-refractivity contribution in [2.45, 2.75) is 24.9 Å².